The summed E-state index contributed by atoms with van der Waals surface area (Å²) in [5, 5.41) is 1.41. The van der Waals surface area contributed by atoms with Gasteiger partial charge in [-0.1, -0.05) is 51.3 Å². The SMILES string of the molecule is CN=CC(=CN)c1cc(Cl)c(C(=O)N(Cc2cccc(Br)c2C)NC=O)c(Cl)c1. The van der Waals surface area contributed by atoms with E-state index >= 15 is 0 Å². The van der Waals surface area contributed by atoms with Gasteiger partial charge < -0.3 is 5.73 Å². The molecule has 0 aliphatic heterocycles. The van der Waals surface area contributed by atoms with Crippen molar-refractivity contribution in [1.82, 2.24) is 10.4 Å². The summed E-state index contributed by atoms with van der Waals surface area (Å²) in [6.45, 7) is 2.04. The molecule has 2 aromatic rings. The Labute approximate surface area is 187 Å². The molecule has 29 heavy (non-hydrogen) atoms. The van der Waals surface area contributed by atoms with Gasteiger partial charge in [0.2, 0.25) is 6.41 Å². The van der Waals surface area contributed by atoms with Crippen molar-refractivity contribution in [3.8, 4) is 0 Å². The second-order valence-corrected chi connectivity index (χ2v) is 7.66. The fourth-order valence-electron chi connectivity index (χ4n) is 2.67. The molecule has 2 rings (SSSR count). The number of carbonyl (C=O) groups is 2. The molecule has 2 amide bonds. The largest absolute Gasteiger partial charge is 0.404 e. The van der Waals surface area contributed by atoms with Crippen LogP contribution in [0.2, 0.25) is 10.0 Å². The molecule has 0 radical (unpaired) electrons. The fourth-order valence-corrected chi connectivity index (χ4v) is 3.72. The minimum atomic E-state index is -0.541. The van der Waals surface area contributed by atoms with Gasteiger partial charge in [-0.2, -0.15) is 0 Å². The summed E-state index contributed by atoms with van der Waals surface area (Å²) in [7, 11) is 1.61. The second kappa shape index (κ2) is 10.4. The number of hydrogen-bond donors (Lipinski definition) is 2. The molecule has 152 valence electrons. The lowest BCUT2D eigenvalue weighted by atomic mass is 10.0. The van der Waals surface area contributed by atoms with Gasteiger partial charge in [-0.15, -0.1) is 0 Å². The first-order valence-corrected chi connectivity index (χ1v) is 9.98. The van der Waals surface area contributed by atoms with Crippen molar-refractivity contribution in [2.45, 2.75) is 13.5 Å². The number of nitrogens with two attached hydrogens (primary N) is 1. The standard InChI is InChI=1S/C20H19BrCl2N4O2/c1-12-13(4-3-5-16(12)21)10-27(26-11-28)20(29)19-17(22)6-14(7-18(19)23)15(8-24)9-25-2/h3-9,11H,10,24H2,1-2H3,(H,26,28). The van der Waals surface area contributed by atoms with Crippen LogP contribution in [-0.2, 0) is 11.3 Å². The number of aliphatic imine (C=N–C) groups is 1. The number of carbonyl (C=O) groups excluding carboxylic acids is 2. The highest BCUT2D eigenvalue weighted by Gasteiger charge is 2.23. The van der Waals surface area contributed by atoms with Crippen molar-refractivity contribution < 1.29 is 9.59 Å². The normalized spacial score (nSPS) is 11.6. The summed E-state index contributed by atoms with van der Waals surface area (Å²) >= 11 is 16.2. The number of hydrazine groups is 1. The van der Waals surface area contributed by atoms with Gasteiger partial charge in [-0.05, 0) is 41.8 Å². The molecule has 0 aliphatic rings. The van der Waals surface area contributed by atoms with Gasteiger partial charge in [-0.3, -0.25) is 20.0 Å². The molecular weight excluding hydrogens is 479 g/mol. The predicted molar refractivity (Wildman–Crippen MR) is 121 cm³/mol. The molecule has 0 unspecified atom stereocenters. The zero-order valence-corrected chi connectivity index (χ0v) is 18.8. The molecule has 0 bridgehead atoms. The van der Waals surface area contributed by atoms with E-state index in [0.717, 1.165) is 20.6 Å². The Hall–Kier alpha value is -2.35. The van der Waals surface area contributed by atoms with Crippen LogP contribution in [-0.4, -0.2) is 30.6 Å². The monoisotopic (exact) mass is 496 g/mol. The van der Waals surface area contributed by atoms with Crippen molar-refractivity contribution in [3.63, 3.8) is 0 Å². The highest BCUT2D eigenvalue weighted by atomic mass is 79.9. The summed E-state index contributed by atoms with van der Waals surface area (Å²) in [6, 6.07) is 8.75. The molecule has 3 N–H and O–H groups in total. The Morgan fingerprint density at radius 2 is 1.97 bits per heavy atom. The van der Waals surface area contributed by atoms with E-state index in [2.05, 4.69) is 26.3 Å². The van der Waals surface area contributed by atoms with E-state index in [0.29, 0.717) is 17.5 Å². The van der Waals surface area contributed by atoms with E-state index in [1.165, 1.54) is 6.20 Å². The Morgan fingerprint density at radius 1 is 1.31 bits per heavy atom. The van der Waals surface area contributed by atoms with Gasteiger partial charge >= 0.3 is 0 Å². The Bertz CT molecular complexity index is 969. The molecule has 6 nitrogen and oxygen atoms in total. The maximum absolute atomic E-state index is 13.1. The number of halogens is 3. The maximum Gasteiger partial charge on any atom is 0.275 e. The van der Waals surface area contributed by atoms with Gasteiger partial charge in [0.15, 0.2) is 0 Å². The van der Waals surface area contributed by atoms with Crippen molar-refractivity contribution in [3.05, 3.63) is 73.3 Å². The summed E-state index contributed by atoms with van der Waals surface area (Å²) in [4.78, 5) is 28.1. The van der Waals surface area contributed by atoms with Crippen molar-refractivity contribution in [2.24, 2.45) is 10.7 Å². The number of allylic oxidation sites excluding steroid dienone is 1. The van der Waals surface area contributed by atoms with Crippen LogP contribution in [0.15, 0.2) is 46.0 Å². The van der Waals surface area contributed by atoms with Crippen LogP contribution in [0.25, 0.3) is 5.57 Å². The molecule has 0 spiro atoms. The van der Waals surface area contributed by atoms with Gasteiger partial charge in [0.05, 0.1) is 22.2 Å². The molecule has 0 saturated heterocycles. The van der Waals surface area contributed by atoms with Gasteiger partial charge in [0.25, 0.3) is 5.91 Å². The molecule has 0 saturated carbocycles. The number of hydrogen-bond acceptors (Lipinski definition) is 4. The van der Waals surface area contributed by atoms with Gasteiger partial charge in [0, 0.05) is 29.5 Å². The lowest BCUT2D eigenvalue weighted by Gasteiger charge is -2.23. The first-order chi connectivity index (χ1) is 13.8. The molecule has 0 fully saturated rings. The first-order valence-electron chi connectivity index (χ1n) is 8.43. The van der Waals surface area contributed by atoms with Crippen LogP contribution >= 0.6 is 39.1 Å². The van der Waals surface area contributed by atoms with E-state index in [4.69, 9.17) is 28.9 Å². The van der Waals surface area contributed by atoms with Crippen LogP contribution in [0.4, 0.5) is 0 Å². The van der Waals surface area contributed by atoms with E-state index < -0.39 is 5.91 Å². The summed E-state index contributed by atoms with van der Waals surface area (Å²) in [6.07, 6.45) is 3.35. The minimum absolute atomic E-state index is 0.0730. The van der Waals surface area contributed by atoms with Gasteiger partial charge in [-0.25, -0.2) is 5.01 Å². The molecule has 2 aromatic carbocycles. The summed E-state index contributed by atoms with van der Waals surface area (Å²) < 4.78 is 0.896. The smallest absolute Gasteiger partial charge is 0.275 e. The molecule has 0 aromatic heterocycles. The number of rotatable bonds is 7. The maximum atomic E-state index is 13.1. The van der Waals surface area contributed by atoms with Crippen LogP contribution < -0.4 is 11.2 Å². The van der Waals surface area contributed by atoms with Crippen molar-refractivity contribution in [1.29, 1.82) is 0 Å². The highest BCUT2D eigenvalue weighted by molar-refractivity contribution is 9.10. The lowest BCUT2D eigenvalue weighted by molar-refractivity contribution is -0.113. The molecule has 0 aliphatic carbocycles. The van der Waals surface area contributed by atoms with Crippen molar-refractivity contribution in [2.75, 3.05) is 7.05 Å². The predicted octanol–water partition coefficient (Wildman–Crippen LogP) is 4.37. The zero-order valence-electron chi connectivity index (χ0n) is 15.7. The third-order valence-corrected chi connectivity index (χ3v) is 5.65. The van der Waals surface area contributed by atoms with Crippen LogP contribution in [0.5, 0.6) is 0 Å². The Balaban J connectivity index is 2.44. The Morgan fingerprint density at radius 3 is 2.52 bits per heavy atom. The van der Waals surface area contributed by atoms with E-state index in [9.17, 15) is 9.59 Å². The third-order valence-electron chi connectivity index (χ3n) is 4.20. The summed E-state index contributed by atoms with van der Waals surface area (Å²) in [5.41, 5.74) is 11.1. The highest BCUT2D eigenvalue weighted by Crippen LogP contribution is 2.31. The Kier molecular flexibility index (Phi) is 8.25. The summed E-state index contributed by atoms with van der Waals surface area (Å²) in [5.74, 6) is -0.541. The van der Waals surface area contributed by atoms with Crippen molar-refractivity contribution >= 4 is 63.2 Å². The average Bonchev–Trinajstić information content (AvgIpc) is 2.68. The number of benzene rings is 2. The molecule has 9 heteroatoms. The van der Waals surface area contributed by atoms with E-state index in [1.807, 2.05) is 25.1 Å². The zero-order chi connectivity index (χ0) is 21.6. The fraction of sp³-hybridized carbons (Fsp3) is 0.150. The minimum Gasteiger partial charge on any atom is -0.404 e. The molecular formula is C20H19BrCl2N4O2. The number of nitrogens with zero attached hydrogens (tertiary/aromatic N) is 2. The van der Waals surface area contributed by atoms with Gasteiger partial charge in [0.1, 0.15) is 0 Å². The third kappa shape index (κ3) is 5.38. The van der Waals surface area contributed by atoms with Crippen LogP contribution in [0.3, 0.4) is 0 Å². The topological polar surface area (TPSA) is 87.8 Å². The van der Waals surface area contributed by atoms with E-state index in [-0.39, 0.29) is 22.2 Å². The van der Waals surface area contributed by atoms with E-state index in [1.54, 1.807) is 25.4 Å². The van der Waals surface area contributed by atoms with Crippen LogP contribution in [0, 0.1) is 6.92 Å². The number of amides is 2. The number of nitrogens with one attached hydrogen (secondary N) is 1. The first kappa shape index (κ1) is 22.9. The average molecular weight is 498 g/mol. The quantitative estimate of drug-likeness (QED) is 0.338. The van der Waals surface area contributed by atoms with Crippen LogP contribution in [0.1, 0.15) is 27.0 Å². The second-order valence-electron chi connectivity index (χ2n) is 5.99. The molecule has 0 heterocycles. The lowest BCUT2D eigenvalue weighted by Crippen LogP contribution is -2.42. The molecule has 0 atom stereocenters.